The number of ketones is 1. The van der Waals surface area contributed by atoms with Gasteiger partial charge in [0.15, 0.2) is 5.78 Å². The topological polar surface area (TPSA) is 84.0 Å². The van der Waals surface area contributed by atoms with E-state index < -0.39 is 4.92 Å². The summed E-state index contributed by atoms with van der Waals surface area (Å²) < 4.78 is 0.192. The second-order valence-corrected chi connectivity index (χ2v) is 4.39. The third-order valence-electron chi connectivity index (χ3n) is 1.85. The lowest BCUT2D eigenvalue weighted by Gasteiger charge is -2.03. The molecule has 0 aliphatic carbocycles. The molecule has 0 atom stereocenters. The van der Waals surface area contributed by atoms with Crippen molar-refractivity contribution in [3.8, 4) is 6.07 Å². The molecule has 0 saturated heterocycles. The maximum absolute atomic E-state index is 11.5. The number of hydrogen-bond donors (Lipinski definition) is 0. The van der Waals surface area contributed by atoms with Crippen LogP contribution in [0.2, 0.25) is 0 Å². The Morgan fingerprint density at radius 2 is 2.25 bits per heavy atom. The number of carbonyl (C=O) groups excluding carboxylic acids is 1. The van der Waals surface area contributed by atoms with E-state index in [4.69, 9.17) is 5.26 Å². The van der Waals surface area contributed by atoms with Gasteiger partial charge in [-0.2, -0.15) is 5.26 Å². The Labute approximate surface area is 113 Å². The Kier molecular flexibility index (Phi) is 4.37. The average molecular weight is 395 g/mol. The summed E-state index contributed by atoms with van der Waals surface area (Å²) in [5.41, 5.74) is 0.0943. The summed E-state index contributed by atoms with van der Waals surface area (Å²) in [5.74, 6) is -0.274. The van der Waals surface area contributed by atoms with E-state index in [1.54, 1.807) is 22.6 Å². The van der Waals surface area contributed by atoms with Crippen molar-refractivity contribution in [2.45, 2.75) is 0 Å². The van der Waals surface area contributed by atoms with E-state index in [0.29, 0.717) is 0 Å². The average Bonchev–Trinajstić information content (AvgIpc) is 2.26. The first-order valence-corrected chi connectivity index (χ1v) is 6.19. The standard InChI is InChI=1S/C9H4BrIN2O3/c10-3-8(14)5-1-2-7(13(15)16)9(11)6(5)4-12/h1-2H,3H2. The number of halogens is 2. The van der Waals surface area contributed by atoms with Gasteiger partial charge in [-0.05, 0) is 28.7 Å². The molecule has 0 fully saturated rings. The number of carbonyl (C=O) groups is 1. The molecule has 82 valence electrons. The minimum absolute atomic E-state index is 0.0549. The smallest absolute Gasteiger partial charge is 0.284 e. The number of Topliss-reactive ketones (excluding diaryl/α,β-unsaturated/α-hetero) is 1. The van der Waals surface area contributed by atoms with Crippen LogP contribution in [-0.2, 0) is 0 Å². The second kappa shape index (κ2) is 5.36. The molecular formula is C9H4BrIN2O3. The molecule has 0 radical (unpaired) electrons. The summed E-state index contributed by atoms with van der Waals surface area (Å²) in [6.45, 7) is 0. The van der Waals surface area contributed by atoms with Gasteiger partial charge in [-0.15, -0.1) is 0 Å². The maximum Gasteiger partial charge on any atom is 0.284 e. The van der Waals surface area contributed by atoms with Gasteiger partial charge in [-0.25, -0.2) is 0 Å². The highest BCUT2D eigenvalue weighted by Crippen LogP contribution is 2.27. The Balaban J connectivity index is 3.48. The first-order chi connectivity index (χ1) is 7.52. The van der Waals surface area contributed by atoms with Gasteiger partial charge in [0, 0.05) is 11.6 Å². The molecule has 0 heterocycles. The van der Waals surface area contributed by atoms with Crippen LogP contribution in [0.15, 0.2) is 12.1 Å². The highest BCUT2D eigenvalue weighted by Gasteiger charge is 2.21. The van der Waals surface area contributed by atoms with Crippen LogP contribution >= 0.6 is 38.5 Å². The number of alkyl halides is 1. The molecule has 1 rings (SSSR count). The number of nitrogens with zero attached hydrogens (tertiary/aromatic N) is 2. The molecule has 0 spiro atoms. The van der Waals surface area contributed by atoms with Gasteiger partial charge in [0.05, 0.1) is 15.8 Å². The van der Waals surface area contributed by atoms with E-state index in [-0.39, 0.29) is 31.5 Å². The molecule has 16 heavy (non-hydrogen) atoms. The van der Waals surface area contributed by atoms with E-state index in [2.05, 4.69) is 15.9 Å². The molecule has 0 aliphatic heterocycles. The summed E-state index contributed by atoms with van der Waals surface area (Å²) >= 11 is 4.69. The number of nitro groups is 1. The van der Waals surface area contributed by atoms with Crippen molar-refractivity contribution < 1.29 is 9.72 Å². The summed E-state index contributed by atoms with van der Waals surface area (Å²) in [4.78, 5) is 21.5. The van der Waals surface area contributed by atoms with Crippen molar-refractivity contribution in [3.05, 3.63) is 36.9 Å². The molecule has 5 nitrogen and oxygen atoms in total. The Morgan fingerprint density at radius 3 is 2.69 bits per heavy atom. The lowest BCUT2D eigenvalue weighted by Crippen LogP contribution is -2.06. The number of nitro benzene ring substituents is 1. The molecule has 0 amide bonds. The predicted octanol–water partition coefficient (Wildman–Crippen LogP) is 2.65. The minimum atomic E-state index is -0.578. The summed E-state index contributed by atoms with van der Waals surface area (Å²) in [6.07, 6.45) is 0. The molecule has 1 aromatic carbocycles. The van der Waals surface area contributed by atoms with Gasteiger partial charge >= 0.3 is 0 Å². The van der Waals surface area contributed by atoms with Gasteiger partial charge in [0.25, 0.3) is 5.69 Å². The van der Waals surface area contributed by atoms with Crippen LogP contribution in [0.1, 0.15) is 15.9 Å². The number of hydrogen-bond acceptors (Lipinski definition) is 4. The van der Waals surface area contributed by atoms with E-state index >= 15 is 0 Å². The Morgan fingerprint density at radius 1 is 1.62 bits per heavy atom. The molecule has 0 unspecified atom stereocenters. The van der Waals surface area contributed by atoms with Gasteiger partial charge in [0.2, 0.25) is 0 Å². The highest BCUT2D eigenvalue weighted by atomic mass is 127. The van der Waals surface area contributed by atoms with Crippen LogP contribution in [0, 0.1) is 25.0 Å². The fraction of sp³-hybridized carbons (Fsp3) is 0.111. The lowest BCUT2D eigenvalue weighted by atomic mass is 10.0. The van der Waals surface area contributed by atoms with Crippen LogP contribution in [0.25, 0.3) is 0 Å². The van der Waals surface area contributed by atoms with Crippen LogP contribution in [0.4, 0.5) is 5.69 Å². The van der Waals surface area contributed by atoms with Crippen LogP contribution in [0.5, 0.6) is 0 Å². The lowest BCUT2D eigenvalue weighted by molar-refractivity contribution is -0.385. The van der Waals surface area contributed by atoms with E-state index in [0.717, 1.165) is 0 Å². The zero-order chi connectivity index (χ0) is 12.3. The molecule has 0 N–H and O–H groups in total. The SMILES string of the molecule is N#Cc1c(C(=O)CBr)ccc([N+](=O)[O-])c1I. The first-order valence-electron chi connectivity index (χ1n) is 3.99. The van der Waals surface area contributed by atoms with Gasteiger partial charge < -0.3 is 0 Å². The van der Waals surface area contributed by atoms with Crippen molar-refractivity contribution in [1.82, 2.24) is 0 Å². The molecular weight excluding hydrogens is 391 g/mol. The van der Waals surface area contributed by atoms with E-state index in [1.165, 1.54) is 12.1 Å². The second-order valence-electron chi connectivity index (χ2n) is 2.75. The third-order valence-corrected chi connectivity index (χ3v) is 3.45. The predicted molar refractivity (Wildman–Crippen MR) is 68.7 cm³/mol. The Bertz CT molecular complexity index is 510. The van der Waals surface area contributed by atoms with Crippen molar-refractivity contribution in [2.24, 2.45) is 0 Å². The zero-order valence-corrected chi connectivity index (χ0v) is 11.5. The number of rotatable bonds is 3. The van der Waals surface area contributed by atoms with Crippen LogP contribution in [0.3, 0.4) is 0 Å². The van der Waals surface area contributed by atoms with E-state index in [9.17, 15) is 14.9 Å². The van der Waals surface area contributed by atoms with Crippen LogP contribution in [-0.4, -0.2) is 16.0 Å². The van der Waals surface area contributed by atoms with Gasteiger partial charge in [-0.1, -0.05) is 15.9 Å². The van der Waals surface area contributed by atoms with Crippen molar-refractivity contribution in [1.29, 1.82) is 5.26 Å². The largest absolute Gasteiger partial charge is 0.293 e. The quantitative estimate of drug-likeness (QED) is 0.259. The molecule has 0 saturated carbocycles. The van der Waals surface area contributed by atoms with Gasteiger partial charge in [-0.3, -0.25) is 14.9 Å². The Hall–Kier alpha value is -1.01. The fourth-order valence-corrected chi connectivity index (χ4v) is 2.21. The van der Waals surface area contributed by atoms with Crippen molar-refractivity contribution >= 4 is 50.0 Å². The fourth-order valence-electron chi connectivity index (χ4n) is 1.12. The monoisotopic (exact) mass is 394 g/mol. The van der Waals surface area contributed by atoms with Gasteiger partial charge in [0.1, 0.15) is 9.64 Å². The maximum atomic E-state index is 11.5. The molecule has 7 heteroatoms. The summed E-state index contributed by atoms with van der Waals surface area (Å²) in [6, 6.07) is 4.36. The molecule has 0 aliphatic rings. The van der Waals surface area contributed by atoms with Crippen molar-refractivity contribution in [2.75, 3.05) is 5.33 Å². The molecule has 1 aromatic rings. The third kappa shape index (κ3) is 2.38. The highest BCUT2D eigenvalue weighted by molar-refractivity contribution is 14.1. The van der Waals surface area contributed by atoms with Crippen molar-refractivity contribution in [3.63, 3.8) is 0 Å². The summed E-state index contributed by atoms with van der Waals surface area (Å²) in [7, 11) is 0. The zero-order valence-electron chi connectivity index (χ0n) is 7.74. The first kappa shape index (κ1) is 13.1. The minimum Gasteiger partial charge on any atom is -0.293 e. The van der Waals surface area contributed by atoms with Crippen LogP contribution < -0.4 is 0 Å². The normalized spacial score (nSPS) is 9.56. The van der Waals surface area contributed by atoms with E-state index in [1.807, 2.05) is 6.07 Å². The molecule has 0 aromatic heterocycles. The molecule has 0 bridgehead atoms. The number of benzene rings is 1. The summed E-state index contributed by atoms with van der Waals surface area (Å²) in [5, 5.41) is 19.6. The number of nitriles is 1.